The first-order valence-electron chi connectivity index (χ1n) is 7.77. The van der Waals surface area contributed by atoms with Crippen LogP contribution in [0.1, 0.15) is 50.7 Å². The first-order chi connectivity index (χ1) is 10.2. The van der Waals surface area contributed by atoms with Gasteiger partial charge in [0.1, 0.15) is 0 Å². The van der Waals surface area contributed by atoms with Gasteiger partial charge < -0.3 is 11.1 Å². The Labute approximate surface area is 128 Å². The first kappa shape index (κ1) is 17.3. The predicted octanol–water partition coefficient (Wildman–Crippen LogP) is 2.83. The zero-order chi connectivity index (χ0) is 15.5. The fourth-order valence-corrected chi connectivity index (χ4v) is 2.24. The van der Waals surface area contributed by atoms with Crippen LogP contribution in [0.15, 0.2) is 24.3 Å². The van der Waals surface area contributed by atoms with Crippen LogP contribution >= 0.6 is 0 Å². The lowest BCUT2D eigenvalue weighted by Crippen LogP contribution is -2.30. The molecule has 3 heteroatoms. The van der Waals surface area contributed by atoms with Crippen LogP contribution < -0.4 is 11.1 Å². The molecule has 1 aromatic carbocycles. The molecule has 0 saturated heterocycles. The summed E-state index contributed by atoms with van der Waals surface area (Å²) >= 11 is 0. The number of carbonyl (C=O) groups is 1. The molecular formula is C18H26N2O. The molecule has 114 valence electrons. The molecule has 0 heterocycles. The largest absolute Gasteiger partial charge is 0.352 e. The molecule has 3 N–H and O–H groups in total. The second-order valence-corrected chi connectivity index (χ2v) is 5.13. The van der Waals surface area contributed by atoms with E-state index in [1.54, 1.807) is 0 Å². The highest BCUT2D eigenvalue weighted by atomic mass is 16.1. The van der Waals surface area contributed by atoms with Crippen LogP contribution in [-0.4, -0.2) is 12.5 Å². The van der Waals surface area contributed by atoms with Crippen LogP contribution in [0.25, 0.3) is 0 Å². The van der Waals surface area contributed by atoms with Crippen molar-refractivity contribution in [2.45, 2.75) is 46.1 Å². The van der Waals surface area contributed by atoms with Crippen molar-refractivity contribution in [3.8, 4) is 11.8 Å². The van der Waals surface area contributed by atoms with Crippen LogP contribution in [0.5, 0.6) is 0 Å². The van der Waals surface area contributed by atoms with Crippen LogP contribution in [0.3, 0.4) is 0 Å². The van der Waals surface area contributed by atoms with Gasteiger partial charge in [-0.25, -0.2) is 0 Å². The third kappa shape index (κ3) is 6.01. The number of nitrogens with two attached hydrogens (primary N) is 1. The molecule has 1 atom stereocenters. The highest BCUT2D eigenvalue weighted by Crippen LogP contribution is 2.13. The van der Waals surface area contributed by atoms with Gasteiger partial charge in [0.15, 0.2) is 0 Å². The van der Waals surface area contributed by atoms with Crippen molar-refractivity contribution < 1.29 is 4.79 Å². The van der Waals surface area contributed by atoms with E-state index >= 15 is 0 Å². The molecule has 21 heavy (non-hydrogen) atoms. The van der Waals surface area contributed by atoms with E-state index in [9.17, 15) is 4.79 Å². The molecule has 0 aliphatic carbocycles. The molecule has 1 amide bonds. The standard InChI is InChI=1S/C18H26N2O/c1-3-5-9-15(4-2)18(21)20-14-17-11-7-6-10-16(17)12-8-13-19/h6-7,10-11,15H,3-5,9,13-14,19H2,1-2H3,(H,20,21). The summed E-state index contributed by atoms with van der Waals surface area (Å²) in [4.78, 5) is 12.2. The van der Waals surface area contributed by atoms with Crippen molar-refractivity contribution in [3.05, 3.63) is 35.4 Å². The summed E-state index contributed by atoms with van der Waals surface area (Å²) in [5, 5.41) is 3.04. The quantitative estimate of drug-likeness (QED) is 0.757. The van der Waals surface area contributed by atoms with E-state index in [1.807, 2.05) is 24.3 Å². The Bertz CT molecular complexity index is 499. The van der Waals surface area contributed by atoms with E-state index in [1.165, 1.54) is 0 Å². The van der Waals surface area contributed by atoms with Gasteiger partial charge in [-0.1, -0.05) is 56.7 Å². The molecule has 1 aromatic rings. The molecule has 0 aromatic heterocycles. The average Bonchev–Trinajstić information content (AvgIpc) is 2.52. The van der Waals surface area contributed by atoms with Crippen LogP contribution in [0.4, 0.5) is 0 Å². The summed E-state index contributed by atoms with van der Waals surface area (Å²) in [5.74, 6) is 6.17. The van der Waals surface area contributed by atoms with Crippen molar-refractivity contribution in [3.63, 3.8) is 0 Å². The van der Waals surface area contributed by atoms with E-state index in [0.29, 0.717) is 13.1 Å². The Morgan fingerprint density at radius 1 is 1.33 bits per heavy atom. The number of nitrogens with one attached hydrogen (secondary N) is 1. The zero-order valence-electron chi connectivity index (χ0n) is 13.1. The lowest BCUT2D eigenvalue weighted by molar-refractivity contribution is -0.125. The summed E-state index contributed by atoms with van der Waals surface area (Å²) in [7, 11) is 0. The molecule has 1 unspecified atom stereocenters. The Hall–Kier alpha value is -1.79. The van der Waals surface area contributed by atoms with Crippen LogP contribution in [0, 0.1) is 17.8 Å². The van der Waals surface area contributed by atoms with Crippen molar-refractivity contribution in [1.29, 1.82) is 0 Å². The lowest BCUT2D eigenvalue weighted by Gasteiger charge is -2.15. The molecule has 0 spiro atoms. The molecule has 0 bridgehead atoms. The van der Waals surface area contributed by atoms with E-state index in [2.05, 4.69) is 31.0 Å². The van der Waals surface area contributed by atoms with E-state index < -0.39 is 0 Å². The number of amides is 1. The first-order valence-corrected chi connectivity index (χ1v) is 7.77. The Morgan fingerprint density at radius 2 is 2.10 bits per heavy atom. The number of rotatable bonds is 7. The third-order valence-corrected chi connectivity index (χ3v) is 3.57. The van der Waals surface area contributed by atoms with Gasteiger partial charge in [-0.15, -0.1) is 0 Å². The SMILES string of the molecule is CCCCC(CC)C(=O)NCc1ccccc1C#CCN. The summed E-state index contributed by atoms with van der Waals surface area (Å²) in [5.41, 5.74) is 7.38. The van der Waals surface area contributed by atoms with Gasteiger partial charge in [-0.3, -0.25) is 4.79 Å². The van der Waals surface area contributed by atoms with Gasteiger partial charge >= 0.3 is 0 Å². The fraction of sp³-hybridized carbons (Fsp3) is 0.500. The molecule has 0 aliphatic rings. The van der Waals surface area contributed by atoms with Crippen LogP contribution in [-0.2, 0) is 11.3 Å². The summed E-state index contributed by atoms with van der Waals surface area (Å²) in [6, 6.07) is 7.86. The molecule has 0 saturated carbocycles. The maximum absolute atomic E-state index is 12.2. The summed E-state index contributed by atoms with van der Waals surface area (Å²) < 4.78 is 0. The van der Waals surface area contributed by atoms with E-state index in [0.717, 1.165) is 36.8 Å². The molecule has 0 aliphatic heterocycles. The normalized spacial score (nSPS) is 11.4. The molecule has 0 fully saturated rings. The minimum atomic E-state index is 0.118. The minimum Gasteiger partial charge on any atom is -0.352 e. The number of hydrogen-bond acceptors (Lipinski definition) is 2. The number of benzene rings is 1. The Kier molecular flexibility index (Phi) is 8.23. The van der Waals surface area contributed by atoms with Crippen molar-refractivity contribution in [1.82, 2.24) is 5.32 Å². The van der Waals surface area contributed by atoms with Gasteiger partial charge in [0.05, 0.1) is 6.54 Å². The zero-order valence-corrected chi connectivity index (χ0v) is 13.1. The van der Waals surface area contributed by atoms with Gasteiger partial charge in [-0.2, -0.15) is 0 Å². The van der Waals surface area contributed by atoms with Crippen molar-refractivity contribution in [2.24, 2.45) is 11.7 Å². The molecule has 3 nitrogen and oxygen atoms in total. The van der Waals surface area contributed by atoms with Gasteiger partial charge in [-0.05, 0) is 24.5 Å². The Balaban J connectivity index is 2.64. The van der Waals surface area contributed by atoms with Gasteiger partial charge in [0.2, 0.25) is 5.91 Å². The maximum Gasteiger partial charge on any atom is 0.223 e. The number of hydrogen-bond donors (Lipinski definition) is 2. The van der Waals surface area contributed by atoms with Crippen molar-refractivity contribution in [2.75, 3.05) is 6.54 Å². The average molecular weight is 286 g/mol. The highest BCUT2D eigenvalue weighted by Gasteiger charge is 2.15. The van der Waals surface area contributed by atoms with Gasteiger partial charge in [0, 0.05) is 18.0 Å². The number of carbonyl (C=O) groups excluding carboxylic acids is 1. The monoisotopic (exact) mass is 286 g/mol. The molecule has 1 rings (SSSR count). The predicted molar refractivity (Wildman–Crippen MR) is 87.5 cm³/mol. The summed E-state index contributed by atoms with van der Waals surface area (Å²) in [6.45, 7) is 5.09. The fourth-order valence-electron chi connectivity index (χ4n) is 2.24. The van der Waals surface area contributed by atoms with E-state index in [4.69, 9.17) is 5.73 Å². The second kappa shape index (κ2) is 10.0. The minimum absolute atomic E-state index is 0.118. The van der Waals surface area contributed by atoms with Gasteiger partial charge in [0.25, 0.3) is 0 Å². The third-order valence-electron chi connectivity index (χ3n) is 3.57. The second-order valence-electron chi connectivity index (χ2n) is 5.13. The molecular weight excluding hydrogens is 260 g/mol. The van der Waals surface area contributed by atoms with Crippen molar-refractivity contribution >= 4 is 5.91 Å². The highest BCUT2D eigenvalue weighted by molar-refractivity contribution is 5.78. The number of unbranched alkanes of at least 4 members (excludes halogenated alkanes) is 1. The molecule has 0 radical (unpaired) electrons. The smallest absolute Gasteiger partial charge is 0.223 e. The van der Waals surface area contributed by atoms with E-state index in [-0.39, 0.29) is 11.8 Å². The lowest BCUT2D eigenvalue weighted by atomic mass is 9.98. The maximum atomic E-state index is 12.2. The topological polar surface area (TPSA) is 55.1 Å². The summed E-state index contributed by atoms with van der Waals surface area (Å²) in [6.07, 6.45) is 4.08. The van der Waals surface area contributed by atoms with Crippen LogP contribution in [0.2, 0.25) is 0 Å². The Morgan fingerprint density at radius 3 is 2.76 bits per heavy atom.